The Labute approximate surface area is 247 Å². The first kappa shape index (κ1) is 27.8. The summed E-state index contributed by atoms with van der Waals surface area (Å²) in [5, 5.41) is 21.8. The molecule has 0 fully saturated rings. The molecule has 0 spiro atoms. The van der Waals surface area contributed by atoms with E-state index in [1.807, 2.05) is 59.1 Å². The summed E-state index contributed by atoms with van der Waals surface area (Å²) >= 11 is 6.27. The van der Waals surface area contributed by atoms with Gasteiger partial charge in [0.15, 0.2) is 18.1 Å². The van der Waals surface area contributed by atoms with Crippen molar-refractivity contribution in [3.05, 3.63) is 101 Å². The summed E-state index contributed by atoms with van der Waals surface area (Å²) in [5.41, 5.74) is 3.17. The zero-order valence-corrected chi connectivity index (χ0v) is 23.7. The van der Waals surface area contributed by atoms with Gasteiger partial charge in [-0.05, 0) is 46.7 Å². The third-order valence-corrected chi connectivity index (χ3v) is 7.65. The molecule has 2 N–H and O–H groups in total. The van der Waals surface area contributed by atoms with Crippen LogP contribution in [-0.4, -0.2) is 70.0 Å². The summed E-state index contributed by atoms with van der Waals surface area (Å²) in [5.74, 6) is 1.27. The maximum atomic E-state index is 13.8. The van der Waals surface area contributed by atoms with Gasteiger partial charge in [0.1, 0.15) is 24.1 Å². The van der Waals surface area contributed by atoms with Gasteiger partial charge in [-0.25, -0.2) is 4.98 Å². The molecular formula is C32H30ClN3O6. The SMILES string of the molecule is COc1ccc(C2c3c(nc4cc(Cl)ccn34)CCN2C(=O)COc2ccc3ccccc3c2)cc1OC[C@H](O)CO. The van der Waals surface area contributed by atoms with Crippen LogP contribution in [0.2, 0.25) is 5.02 Å². The van der Waals surface area contributed by atoms with Gasteiger partial charge < -0.3 is 33.7 Å². The molecule has 2 atom stereocenters. The molecule has 3 aromatic carbocycles. The van der Waals surface area contributed by atoms with E-state index in [1.165, 1.54) is 7.11 Å². The second-order valence-corrected chi connectivity index (χ2v) is 10.5. The number of hydrogen-bond donors (Lipinski definition) is 2. The molecule has 216 valence electrons. The van der Waals surface area contributed by atoms with Crippen molar-refractivity contribution in [2.45, 2.75) is 18.6 Å². The molecule has 5 aromatic rings. The van der Waals surface area contributed by atoms with Crippen LogP contribution >= 0.6 is 11.6 Å². The van der Waals surface area contributed by atoms with Crippen molar-refractivity contribution in [2.75, 3.05) is 33.5 Å². The predicted octanol–water partition coefficient (Wildman–Crippen LogP) is 4.43. The van der Waals surface area contributed by atoms with E-state index < -0.39 is 18.8 Å². The van der Waals surface area contributed by atoms with Gasteiger partial charge in [0.25, 0.3) is 5.91 Å². The molecule has 10 heteroatoms. The van der Waals surface area contributed by atoms with Gasteiger partial charge >= 0.3 is 0 Å². The molecule has 1 aliphatic heterocycles. The highest BCUT2D eigenvalue weighted by molar-refractivity contribution is 6.30. The van der Waals surface area contributed by atoms with Gasteiger partial charge in [0, 0.05) is 30.3 Å². The first-order valence-corrected chi connectivity index (χ1v) is 14.0. The number of amides is 1. The van der Waals surface area contributed by atoms with E-state index >= 15 is 0 Å². The number of carbonyl (C=O) groups is 1. The molecule has 1 unspecified atom stereocenters. The summed E-state index contributed by atoms with van der Waals surface area (Å²) in [6, 6.07) is 22.3. The van der Waals surface area contributed by atoms with Crippen LogP contribution in [0.1, 0.15) is 23.0 Å². The lowest BCUT2D eigenvalue weighted by atomic mass is 9.95. The molecule has 6 rings (SSSR count). The Morgan fingerprint density at radius 1 is 1.05 bits per heavy atom. The number of benzene rings is 3. The van der Waals surface area contributed by atoms with Crippen molar-refractivity contribution in [3.63, 3.8) is 0 Å². The number of carbonyl (C=O) groups excluding carboxylic acids is 1. The van der Waals surface area contributed by atoms with E-state index in [0.717, 1.165) is 27.7 Å². The Morgan fingerprint density at radius 2 is 1.88 bits per heavy atom. The number of fused-ring (bicyclic) bond motifs is 4. The van der Waals surface area contributed by atoms with Gasteiger partial charge in [-0.3, -0.25) is 4.79 Å². The number of imidazole rings is 1. The summed E-state index contributed by atoms with van der Waals surface area (Å²) < 4.78 is 19.3. The van der Waals surface area contributed by atoms with Crippen LogP contribution in [0.3, 0.4) is 0 Å². The summed E-state index contributed by atoms with van der Waals surface area (Å²) in [7, 11) is 1.53. The molecule has 0 bridgehead atoms. The van der Waals surface area contributed by atoms with E-state index in [-0.39, 0.29) is 19.1 Å². The van der Waals surface area contributed by atoms with Gasteiger partial charge in [0.2, 0.25) is 0 Å². The fourth-order valence-electron chi connectivity index (χ4n) is 5.37. The number of hydrogen-bond acceptors (Lipinski definition) is 7. The number of pyridine rings is 1. The summed E-state index contributed by atoms with van der Waals surface area (Å²) in [4.78, 5) is 20.5. The molecular weight excluding hydrogens is 558 g/mol. The minimum atomic E-state index is -1.05. The van der Waals surface area contributed by atoms with Crippen molar-refractivity contribution >= 4 is 33.9 Å². The van der Waals surface area contributed by atoms with E-state index in [1.54, 1.807) is 29.2 Å². The molecule has 0 radical (unpaired) electrons. The third-order valence-electron chi connectivity index (χ3n) is 7.41. The monoisotopic (exact) mass is 587 g/mol. The first-order chi connectivity index (χ1) is 20.4. The van der Waals surface area contributed by atoms with Crippen LogP contribution in [0.4, 0.5) is 0 Å². The van der Waals surface area contributed by atoms with Crippen LogP contribution in [0.15, 0.2) is 79.0 Å². The molecule has 1 amide bonds. The molecule has 3 heterocycles. The molecule has 1 aliphatic rings. The standard InChI is InChI=1S/C32H30ClN3O6/c1-40-27-9-7-22(15-28(27)42-18-24(38)17-37)31-32-26(34-29-16-23(33)10-12-35(29)32)11-13-36(31)30(39)19-41-25-8-6-20-4-2-3-5-21(20)14-25/h2-10,12,14-16,24,31,37-38H,11,13,17-19H2,1H3/t24-,31?/m1/s1. The number of methoxy groups -OCH3 is 1. The highest BCUT2D eigenvalue weighted by Crippen LogP contribution is 2.40. The van der Waals surface area contributed by atoms with Gasteiger partial charge in [0.05, 0.1) is 31.1 Å². The molecule has 9 nitrogen and oxygen atoms in total. The zero-order chi connectivity index (χ0) is 29.2. The van der Waals surface area contributed by atoms with Crippen LogP contribution in [0.25, 0.3) is 16.4 Å². The van der Waals surface area contributed by atoms with E-state index in [9.17, 15) is 15.0 Å². The Kier molecular flexibility index (Phi) is 7.88. The fourth-order valence-corrected chi connectivity index (χ4v) is 5.52. The molecule has 0 aliphatic carbocycles. The minimum absolute atomic E-state index is 0.122. The maximum absolute atomic E-state index is 13.8. The number of aliphatic hydroxyl groups is 2. The fraction of sp³-hybridized carbons (Fsp3) is 0.250. The highest BCUT2D eigenvalue weighted by Gasteiger charge is 2.36. The van der Waals surface area contributed by atoms with Gasteiger partial charge in [-0.15, -0.1) is 0 Å². The molecule has 2 aromatic heterocycles. The Hall–Kier alpha value is -4.31. The van der Waals surface area contributed by atoms with Crippen molar-refractivity contribution in [2.24, 2.45) is 0 Å². The molecule has 0 saturated heterocycles. The number of aliphatic hydroxyl groups excluding tert-OH is 2. The van der Waals surface area contributed by atoms with Crippen molar-refractivity contribution in [1.82, 2.24) is 14.3 Å². The second-order valence-electron chi connectivity index (χ2n) is 10.1. The lowest BCUT2D eigenvalue weighted by Gasteiger charge is -2.36. The molecule has 0 saturated carbocycles. The zero-order valence-electron chi connectivity index (χ0n) is 22.9. The number of halogens is 1. The maximum Gasteiger partial charge on any atom is 0.261 e. The van der Waals surface area contributed by atoms with E-state index in [4.69, 9.17) is 30.8 Å². The van der Waals surface area contributed by atoms with Gasteiger partial charge in [-0.1, -0.05) is 48.0 Å². The average molecular weight is 588 g/mol. The van der Waals surface area contributed by atoms with Crippen molar-refractivity contribution in [1.29, 1.82) is 0 Å². The van der Waals surface area contributed by atoms with Crippen LogP contribution in [0.5, 0.6) is 17.2 Å². The quantitative estimate of drug-likeness (QED) is 0.263. The van der Waals surface area contributed by atoms with Crippen molar-refractivity contribution in [3.8, 4) is 17.2 Å². The average Bonchev–Trinajstić information content (AvgIpc) is 3.39. The second kappa shape index (κ2) is 11.9. The highest BCUT2D eigenvalue weighted by atomic mass is 35.5. The largest absolute Gasteiger partial charge is 0.493 e. The predicted molar refractivity (Wildman–Crippen MR) is 158 cm³/mol. The lowest BCUT2D eigenvalue weighted by molar-refractivity contribution is -0.135. The summed E-state index contributed by atoms with van der Waals surface area (Å²) in [6.07, 6.45) is 1.37. The number of ether oxygens (including phenoxy) is 3. The normalized spacial score (nSPS) is 15.4. The Morgan fingerprint density at radius 3 is 2.69 bits per heavy atom. The van der Waals surface area contributed by atoms with Gasteiger partial charge in [-0.2, -0.15) is 0 Å². The van der Waals surface area contributed by atoms with E-state index in [2.05, 4.69) is 0 Å². The number of nitrogens with zero attached hydrogens (tertiary/aromatic N) is 3. The summed E-state index contributed by atoms with van der Waals surface area (Å²) in [6.45, 7) is -0.268. The van der Waals surface area contributed by atoms with Crippen LogP contribution < -0.4 is 14.2 Å². The Balaban J connectivity index is 1.36. The smallest absolute Gasteiger partial charge is 0.261 e. The van der Waals surface area contributed by atoms with E-state index in [0.29, 0.717) is 40.9 Å². The Bertz CT molecular complexity index is 1760. The molecule has 42 heavy (non-hydrogen) atoms. The third kappa shape index (κ3) is 5.46. The lowest BCUT2D eigenvalue weighted by Crippen LogP contribution is -2.43. The number of rotatable bonds is 9. The van der Waals surface area contributed by atoms with Crippen LogP contribution in [0, 0.1) is 0 Å². The minimum Gasteiger partial charge on any atom is -0.493 e. The van der Waals surface area contributed by atoms with Crippen molar-refractivity contribution < 1.29 is 29.2 Å². The van der Waals surface area contributed by atoms with Crippen LogP contribution in [-0.2, 0) is 11.2 Å². The number of aromatic nitrogens is 2. The first-order valence-electron chi connectivity index (χ1n) is 13.6. The topological polar surface area (TPSA) is 106 Å².